The van der Waals surface area contributed by atoms with Crippen LogP contribution in [0.1, 0.15) is 10.5 Å². The van der Waals surface area contributed by atoms with Crippen molar-refractivity contribution in [3.63, 3.8) is 0 Å². The third-order valence-electron chi connectivity index (χ3n) is 4.56. The normalized spacial score (nSPS) is 14.0. The number of halogens is 1. The van der Waals surface area contributed by atoms with Gasteiger partial charge in [0.2, 0.25) is 0 Å². The second kappa shape index (κ2) is 8.22. The zero-order valence-corrected chi connectivity index (χ0v) is 15.9. The number of piperazine rings is 1. The number of amides is 1. The van der Waals surface area contributed by atoms with E-state index in [2.05, 4.69) is 30.3 Å². The number of benzene rings is 1. The van der Waals surface area contributed by atoms with Gasteiger partial charge in [0, 0.05) is 38.1 Å². The predicted molar refractivity (Wildman–Crippen MR) is 110 cm³/mol. The molecule has 2 aromatic heterocycles. The van der Waals surface area contributed by atoms with Crippen LogP contribution in [-0.2, 0) is 0 Å². The Labute approximate surface area is 168 Å². The highest BCUT2D eigenvalue weighted by molar-refractivity contribution is 6.32. The highest BCUT2D eigenvalue weighted by atomic mass is 35.5. The number of hydrogen-bond donors (Lipinski definition) is 1. The van der Waals surface area contributed by atoms with Crippen LogP contribution >= 0.6 is 11.6 Å². The fourth-order valence-electron chi connectivity index (χ4n) is 3.09. The molecule has 0 aliphatic carbocycles. The van der Waals surface area contributed by atoms with Crippen LogP contribution < -0.4 is 15.1 Å². The molecule has 1 aromatic carbocycles. The molecule has 0 saturated carbocycles. The van der Waals surface area contributed by atoms with Crippen LogP contribution in [0.4, 0.5) is 17.3 Å². The molecule has 1 fully saturated rings. The molecule has 0 bridgehead atoms. The summed E-state index contributed by atoms with van der Waals surface area (Å²) in [6, 6.07) is 16.5. The molecule has 0 radical (unpaired) electrons. The molecule has 1 aliphatic heterocycles. The number of aromatic nitrogens is 3. The van der Waals surface area contributed by atoms with Crippen molar-refractivity contribution >= 4 is 34.8 Å². The minimum absolute atomic E-state index is 0.278. The van der Waals surface area contributed by atoms with Crippen LogP contribution in [-0.4, -0.2) is 47.3 Å². The Balaban J connectivity index is 1.37. The quantitative estimate of drug-likeness (QED) is 0.733. The van der Waals surface area contributed by atoms with E-state index in [1.807, 2.05) is 48.5 Å². The Hall–Kier alpha value is -3.19. The first-order chi connectivity index (χ1) is 13.7. The monoisotopic (exact) mass is 394 g/mol. The molecule has 1 saturated heterocycles. The lowest BCUT2D eigenvalue weighted by Gasteiger charge is -2.36. The molecule has 3 aromatic rings. The molecule has 142 valence electrons. The average Bonchev–Trinajstić information content (AvgIpc) is 2.75. The summed E-state index contributed by atoms with van der Waals surface area (Å²) in [5.41, 5.74) is 1.01. The summed E-state index contributed by atoms with van der Waals surface area (Å²) >= 11 is 6.24. The van der Waals surface area contributed by atoms with Gasteiger partial charge in [-0.05, 0) is 36.4 Å². The zero-order chi connectivity index (χ0) is 19.3. The summed E-state index contributed by atoms with van der Waals surface area (Å²) in [5, 5.41) is 11.8. The van der Waals surface area contributed by atoms with Gasteiger partial charge >= 0.3 is 0 Å². The van der Waals surface area contributed by atoms with Crippen LogP contribution in [0.5, 0.6) is 0 Å². The standard InChI is InChI=1S/C20H19ClN6O/c21-16-7-4-10-22-19(16)27-13-11-26(12-14-27)18-9-8-17(24-25-18)20(28)23-15-5-2-1-3-6-15/h1-10H,11-14H2,(H,23,28). The molecule has 0 spiro atoms. The molecular weight excluding hydrogens is 376 g/mol. The van der Waals surface area contributed by atoms with E-state index in [-0.39, 0.29) is 11.6 Å². The van der Waals surface area contributed by atoms with Crippen molar-refractivity contribution < 1.29 is 4.79 Å². The maximum absolute atomic E-state index is 12.3. The number of rotatable bonds is 4. The van der Waals surface area contributed by atoms with E-state index in [1.54, 1.807) is 12.3 Å². The van der Waals surface area contributed by atoms with Gasteiger partial charge in [0.05, 0.1) is 5.02 Å². The van der Waals surface area contributed by atoms with Gasteiger partial charge in [-0.25, -0.2) is 4.98 Å². The SMILES string of the molecule is O=C(Nc1ccccc1)c1ccc(N2CCN(c3ncccc3Cl)CC2)nn1. The summed E-state index contributed by atoms with van der Waals surface area (Å²) in [6.45, 7) is 3.12. The second-order valence-electron chi connectivity index (χ2n) is 6.38. The van der Waals surface area contributed by atoms with E-state index < -0.39 is 0 Å². The molecule has 8 heteroatoms. The van der Waals surface area contributed by atoms with Crippen LogP contribution in [0.2, 0.25) is 5.02 Å². The van der Waals surface area contributed by atoms with Crippen molar-refractivity contribution in [3.8, 4) is 0 Å². The maximum atomic E-state index is 12.3. The Bertz CT molecular complexity index is 942. The van der Waals surface area contributed by atoms with Gasteiger partial charge in [0.25, 0.3) is 5.91 Å². The molecule has 28 heavy (non-hydrogen) atoms. The molecule has 4 rings (SSSR count). The van der Waals surface area contributed by atoms with Crippen molar-refractivity contribution in [2.24, 2.45) is 0 Å². The Kier molecular flexibility index (Phi) is 5.34. The number of pyridine rings is 1. The van der Waals surface area contributed by atoms with Gasteiger partial charge in [0.15, 0.2) is 11.5 Å². The lowest BCUT2D eigenvalue weighted by Crippen LogP contribution is -2.47. The largest absolute Gasteiger partial charge is 0.352 e. The first kappa shape index (κ1) is 18.2. The summed E-state index contributed by atoms with van der Waals surface area (Å²) in [7, 11) is 0. The minimum atomic E-state index is -0.278. The topological polar surface area (TPSA) is 74.2 Å². The molecule has 1 N–H and O–H groups in total. The number of hydrogen-bond acceptors (Lipinski definition) is 6. The average molecular weight is 395 g/mol. The molecule has 1 aliphatic rings. The van der Waals surface area contributed by atoms with Crippen molar-refractivity contribution in [3.05, 3.63) is 71.5 Å². The minimum Gasteiger partial charge on any atom is -0.352 e. The third kappa shape index (κ3) is 4.04. The van der Waals surface area contributed by atoms with Gasteiger partial charge in [-0.2, -0.15) is 0 Å². The lowest BCUT2D eigenvalue weighted by atomic mass is 10.2. The van der Waals surface area contributed by atoms with E-state index in [1.165, 1.54) is 0 Å². The molecular formula is C20H19ClN6O. The van der Waals surface area contributed by atoms with E-state index >= 15 is 0 Å². The lowest BCUT2D eigenvalue weighted by molar-refractivity contribution is 0.102. The fourth-order valence-corrected chi connectivity index (χ4v) is 3.33. The highest BCUT2D eigenvalue weighted by Crippen LogP contribution is 2.24. The summed E-state index contributed by atoms with van der Waals surface area (Å²) in [5.74, 6) is 1.28. The number of para-hydroxylation sites is 1. The third-order valence-corrected chi connectivity index (χ3v) is 4.85. The predicted octanol–water partition coefficient (Wildman–Crippen LogP) is 3.10. The van der Waals surface area contributed by atoms with E-state index in [4.69, 9.17) is 11.6 Å². The summed E-state index contributed by atoms with van der Waals surface area (Å²) < 4.78 is 0. The summed E-state index contributed by atoms with van der Waals surface area (Å²) in [4.78, 5) is 20.9. The number of carbonyl (C=O) groups excluding carboxylic acids is 1. The van der Waals surface area contributed by atoms with Crippen LogP contribution in [0.3, 0.4) is 0 Å². The van der Waals surface area contributed by atoms with Crippen LogP contribution in [0.25, 0.3) is 0 Å². The van der Waals surface area contributed by atoms with Gasteiger partial charge in [-0.1, -0.05) is 29.8 Å². The number of nitrogens with one attached hydrogen (secondary N) is 1. The Morgan fingerprint density at radius 3 is 2.32 bits per heavy atom. The van der Waals surface area contributed by atoms with Gasteiger partial charge in [-0.3, -0.25) is 4.79 Å². The second-order valence-corrected chi connectivity index (χ2v) is 6.79. The van der Waals surface area contributed by atoms with Gasteiger partial charge in [-0.15, -0.1) is 10.2 Å². The van der Waals surface area contributed by atoms with Crippen molar-refractivity contribution in [1.29, 1.82) is 0 Å². The van der Waals surface area contributed by atoms with E-state index in [9.17, 15) is 4.79 Å². The van der Waals surface area contributed by atoms with Crippen LogP contribution in [0.15, 0.2) is 60.8 Å². The summed E-state index contributed by atoms with van der Waals surface area (Å²) in [6.07, 6.45) is 1.75. The molecule has 0 unspecified atom stereocenters. The molecule has 7 nitrogen and oxygen atoms in total. The van der Waals surface area contributed by atoms with E-state index in [0.29, 0.717) is 5.02 Å². The van der Waals surface area contributed by atoms with Crippen LogP contribution in [0, 0.1) is 0 Å². The Morgan fingerprint density at radius 1 is 0.893 bits per heavy atom. The highest BCUT2D eigenvalue weighted by Gasteiger charge is 2.21. The molecule has 0 atom stereocenters. The zero-order valence-electron chi connectivity index (χ0n) is 15.1. The number of anilines is 3. The van der Waals surface area contributed by atoms with E-state index in [0.717, 1.165) is 43.5 Å². The van der Waals surface area contributed by atoms with Gasteiger partial charge < -0.3 is 15.1 Å². The Morgan fingerprint density at radius 2 is 1.64 bits per heavy atom. The smallest absolute Gasteiger partial charge is 0.276 e. The van der Waals surface area contributed by atoms with Crippen molar-refractivity contribution in [2.75, 3.05) is 41.3 Å². The first-order valence-electron chi connectivity index (χ1n) is 9.01. The van der Waals surface area contributed by atoms with Crippen molar-refractivity contribution in [1.82, 2.24) is 15.2 Å². The molecule has 3 heterocycles. The number of carbonyl (C=O) groups is 1. The van der Waals surface area contributed by atoms with Gasteiger partial charge in [0.1, 0.15) is 5.82 Å². The maximum Gasteiger partial charge on any atom is 0.276 e. The first-order valence-corrected chi connectivity index (χ1v) is 9.39. The number of nitrogens with zero attached hydrogens (tertiary/aromatic N) is 5. The molecule has 1 amide bonds. The van der Waals surface area contributed by atoms with Crippen molar-refractivity contribution in [2.45, 2.75) is 0 Å². The fraction of sp³-hybridized carbons (Fsp3) is 0.200.